The standard InChI is InChI=1S/C11H15N3O3/c15-11(16)10-13-9(17-14-10)5-6-3-7-1-2-8(4-6)12-7/h6-8,12H,1-5H2,(H,15,16). The molecule has 0 amide bonds. The van der Waals surface area contributed by atoms with Crippen LogP contribution in [-0.2, 0) is 6.42 Å². The first-order chi connectivity index (χ1) is 8.20. The summed E-state index contributed by atoms with van der Waals surface area (Å²) >= 11 is 0. The molecule has 3 rings (SSSR count). The first kappa shape index (κ1) is 10.7. The molecule has 1 aromatic rings. The Hall–Kier alpha value is -1.43. The van der Waals surface area contributed by atoms with E-state index in [-0.39, 0.29) is 5.82 Å². The van der Waals surface area contributed by atoms with Crippen molar-refractivity contribution in [3.63, 3.8) is 0 Å². The minimum absolute atomic E-state index is 0.239. The van der Waals surface area contributed by atoms with E-state index in [9.17, 15) is 4.79 Å². The third kappa shape index (κ3) is 2.17. The second-order valence-electron chi connectivity index (χ2n) is 5.00. The monoisotopic (exact) mass is 237 g/mol. The molecule has 2 unspecified atom stereocenters. The van der Waals surface area contributed by atoms with Gasteiger partial charge in [0.25, 0.3) is 5.82 Å². The Morgan fingerprint density at radius 2 is 2.12 bits per heavy atom. The van der Waals surface area contributed by atoms with Crippen molar-refractivity contribution >= 4 is 5.97 Å². The van der Waals surface area contributed by atoms with E-state index < -0.39 is 5.97 Å². The van der Waals surface area contributed by atoms with Gasteiger partial charge in [-0.15, -0.1) is 0 Å². The molecule has 2 N–H and O–H groups in total. The number of aromatic nitrogens is 2. The molecule has 0 saturated carbocycles. The number of aromatic carboxylic acids is 1. The molecule has 0 aliphatic carbocycles. The Balaban J connectivity index is 1.64. The number of fused-ring (bicyclic) bond motifs is 2. The fourth-order valence-corrected chi connectivity index (χ4v) is 3.01. The van der Waals surface area contributed by atoms with Crippen molar-refractivity contribution in [1.29, 1.82) is 0 Å². The summed E-state index contributed by atoms with van der Waals surface area (Å²) in [6.45, 7) is 0. The molecule has 0 aromatic carbocycles. The summed E-state index contributed by atoms with van der Waals surface area (Å²) in [6.07, 6.45) is 5.47. The van der Waals surface area contributed by atoms with Crippen LogP contribution in [0.1, 0.15) is 42.2 Å². The lowest BCUT2D eigenvalue weighted by atomic mass is 9.90. The van der Waals surface area contributed by atoms with E-state index in [1.807, 2.05) is 0 Å². The fraction of sp³-hybridized carbons (Fsp3) is 0.727. The molecule has 0 spiro atoms. The maximum atomic E-state index is 10.6. The van der Waals surface area contributed by atoms with Gasteiger partial charge in [0, 0.05) is 18.5 Å². The molecule has 1 aromatic heterocycles. The summed E-state index contributed by atoms with van der Waals surface area (Å²) in [7, 11) is 0. The highest BCUT2D eigenvalue weighted by Crippen LogP contribution is 2.32. The Labute approximate surface area is 98.4 Å². The van der Waals surface area contributed by atoms with Gasteiger partial charge in [-0.3, -0.25) is 0 Å². The average molecular weight is 237 g/mol. The maximum Gasteiger partial charge on any atom is 0.377 e. The Morgan fingerprint density at radius 3 is 2.71 bits per heavy atom. The van der Waals surface area contributed by atoms with Crippen LogP contribution in [0.3, 0.4) is 0 Å². The highest BCUT2D eigenvalue weighted by Gasteiger charge is 2.34. The first-order valence-corrected chi connectivity index (χ1v) is 6.02. The molecule has 6 nitrogen and oxygen atoms in total. The molecule has 2 aliphatic heterocycles. The molecule has 0 radical (unpaired) electrons. The summed E-state index contributed by atoms with van der Waals surface area (Å²) in [5, 5.41) is 15.7. The molecule has 2 aliphatic rings. The normalized spacial score (nSPS) is 31.6. The third-order valence-electron chi connectivity index (χ3n) is 3.69. The zero-order valence-corrected chi connectivity index (χ0v) is 9.43. The van der Waals surface area contributed by atoms with Crippen molar-refractivity contribution in [1.82, 2.24) is 15.5 Å². The molecule has 92 valence electrons. The van der Waals surface area contributed by atoms with Crippen LogP contribution in [0.4, 0.5) is 0 Å². The second-order valence-corrected chi connectivity index (χ2v) is 5.00. The van der Waals surface area contributed by atoms with Gasteiger partial charge in [-0.2, -0.15) is 4.98 Å². The van der Waals surface area contributed by atoms with Crippen molar-refractivity contribution in [2.75, 3.05) is 0 Å². The van der Waals surface area contributed by atoms with E-state index in [1.165, 1.54) is 12.8 Å². The van der Waals surface area contributed by atoms with Gasteiger partial charge in [-0.05, 0) is 36.8 Å². The average Bonchev–Trinajstić information content (AvgIpc) is 2.86. The molecular formula is C11H15N3O3. The smallest absolute Gasteiger partial charge is 0.377 e. The van der Waals surface area contributed by atoms with Crippen molar-refractivity contribution in [3.8, 4) is 0 Å². The van der Waals surface area contributed by atoms with Crippen LogP contribution in [0.15, 0.2) is 4.52 Å². The number of hydrogen-bond acceptors (Lipinski definition) is 5. The molecular weight excluding hydrogens is 222 g/mol. The van der Waals surface area contributed by atoms with Crippen LogP contribution in [-0.4, -0.2) is 33.3 Å². The zero-order valence-electron chi connectivity index (χ0n) is 9.43. The van der Waals surface area contributed by atoms with E-state index in [0.29, 0.717) is 30.3 Å². The molecule has 17 heavy (non-hydrogen) atoms. The Morgan fingerprint density at radius 1 is 1.41 bits per heavy atom. The summed E-state index contributed by atoms with van der Waals surface area (Å²) < 4.78 is 4.96. The van der Waals surface area contributed by atoms with Crippen LogP contribution >= 0.6 is 0 Å². The molecule has 2 saturated heterocycles. The Kier molecular flexibility index (Phi) is 2.58. The van der Waals surface area contributed by atoms with Gasteiger partial charge in [-0.1, -0.05) is 0 Å². The lowest BCUT2D eigenvalue weighted by Crippen LogP contribution is -2.38. The van der Waals surface area contributed by atoms with E-state index in [0.717, 1.165) is 12.8 Å². The third-order valence-corrected chi connectivity index (χ3v) is 3.69. The number of carboxylic acid groups (broad SMARTS) is 1. The minimum atomic E-state index is -1.13. The van der Waals surface area contributed by atoms with E-state index in [4.69, 9.17) is 9.63 Å². The summed E-state index contributed by atoms with van der Waals surface area (Å²) in [5.41, 5.74) is 0. The van der Waals surface area contributed by atoms with E-state index in [2.05, 4.69) is 15.5 Å². The number of piperidine rings is 1. The lowest BCUT2D eigenvalue weighted by molar-refractivity contribution is 0.0680. The number of nitrogens with one attached hydrogen (secondary N) is 1. The number of carbonyl (C=O) groups is 1. The van der Waals surface area contributed by atoms with Crippen molar-refractivity contribution < 1.29 is 14.4 Å². The van der Waals surface area contributed by atoms with Gasteiger partial charge in [0.15, 0.2) is 0 Å². The van der Waals surface area contributed by atoms with Crippen LogP contribution in [0.2, 0.25) is 0 Å². The summed E-state index contributed by atoms with van der Waals surface area (Å²) in [5.74, 6) is -0.383. The van der Waals surface area contributed by atoms with Crippen LogP contribution < -0.4 is 5.32 Å². The van der Waals surface area contributed by atoms with Gasteiger partial charge < -0.3 is 14.9 Å². The second kappa shape index (κ2) is 4.10. The Bertz CT molecular complexity index is 419. The van der Waals surface area contributed by atoms with E-state index >= 15 is 0 Å². The highest BCUT2D eigenvalue weighted by atomic mass is 16.5. The minimum Gasteiger partial charge on any atom is -0.475 e. The largest absolute Gasteiger partial charge is 0.475 e. The topological polar surface area (TPSA) is 88.2 Å². The maximum absolute atomic E-state index is 10.6. The summed E-state index contributed by atoms with van der Waals surface area (Å²) in [6, 6.07) is 1.25. The van der Waals surface area contributed by atoms with Crippen LogP contribution in [0.5, 0.6) is 0 Å². The SMILES string of the molecule is O=C(O)c1noc(CC2CC3CCC(C2)N3)n1. The van der Waals surface area contributed by atoms with Crippen LogP contribution in [0, 0.1) is 5.92 Å². The highest BCUT2D eigenvalue weighted by molar-refractivity contribution is 5.82. The number of hydrogen-bond donors (Lipinski definition) is 2. The zero-order chi connectivity index (χ0) is 11.8. The predicted octanol–water partition coefficient (Wildman–Crippen LogP) is 0.841. The first-order valence-electron chi connectivity index (χ1n) is 6.02. The number of carboxylic acids is 1. The molecule has 2 atom stereocenters. The molecule has 2 fully saturated rings. The summed E-state index contributed by atoms with van der Waals surface area (Å²) in [4.78, 5) is 14.5. The van der Waals surface area contributed by atoms with Gasteiger partial charge in [-0.25, -0.2) is 4.79 Å². The van der Waals surface area contributed by atoms with E-state index in [1.54, 1.807) is 0 Å². The van der Waals surface area contributed by atoms with Gasteiger partial charge in [0.1, 0.15) is 0 Å². The lowest BCUT2D eigenvalue weighted by Gasteiger charge is -2.27. The van der Waals surface area contributed by atoms with Crippen LogP contribution in [0.25, 0.3) is 0 Å². The van der Waals surface area contributed by atoms with Crippen molar-refractivity contribution in [2.24, 2.45) is 5.92 Å². The van der Waals surface area contributed by atoms with Gasteiger partial charge >= 0.3 is 5.97 Å². The molecule has 3 heterocycles. The quantitative estimate of drug-likeness (QED) is 0.810. The number of rotatable bonds is 3. The fourth-order valence-electron chi connectivity index (χ4n) is 3.01. The van der Waals surface area contributed by atoms with Crippen molar-refractivity contribution in [3.05, 3.63) is 11.7 Å². The number of nitrogens with zero attached hydrogens (tertiary/aromatic N) is 2. The van der Waals surface area contributed by atoms with Gasteiger partial charge in [0.05, 0.1) is 0 Å². The van der Waals surface area contributed by atoms with Crippen molar-refractivity contribution in [2.45, 2.75) is 44.2 Å². The van der Waals surface area contributed by atoms with Gasteiger partial charge in [0.2, 0.25) is 5.89 Å². The molecule has 2 bridgehead atoms. The predicted molar refractivity (Wildman–Crippen MR) is 57.6 cm³/mol. The molecule has 6 heteroatoms.